The summed E-state index contributed by atoms with van der Waals surface area (Å²) in [5, 5.41) is 18.0. The average Bonchev–Trinajstić information content (AvgIpc) is 2.94. The minimum absolute atomic E-state index is 0.00535. The van der Waals surface area contributed by atoms with Crippen LogP contribution in [0, 0.1) is 6.92 Å². The van der Waals surface area contributed by atoms with Crippen LogP contribution in [0.3, 0.4) is 0 Å². The predicted molar refractivity (Wildman–Crippen MR) is 167 cm³/mol. The van der Waals surface area contributed by atoms with E-state index in [1.165, 1.54) is 4.90 Å². The van der Waals surface area contributed by atoms with Gasteiger partial charge in [0.25, 0.3) is 11.8 Å². The summed E-state index contributed by atoms with van der Waals surface area (Å²) >= 11 is 0. The van der Waals surface area contributed by atoms with E-state index in [4.69, 9.17) is 10.8 Å². The summed E-state index contributed by atoms with van der Waals surface area (Å²) in [4.78, 5) is 27.3. The van der Waals surface area contributed by atoms with Gasteiger partial charge in [0.2, 0.25) is 0 Å². The molecule has 0 saturated heterocycles. The van der Waals surface area contributed by atoms with Crippen molar-refractivity contribution in [2.75, 3.05) is 30.8 Å². The molecule has 3 aromatic carbocycles. The Labute approximate surface area is 243 Å². The highest BCUT2D eigenvalue weighted by Crippen LogP contribution is 2.25. The van der Waals surface area contributed by atoms with E-state index in [9.17, 15) is 9.59 Å². The lowest BCUT2D eigenvalue weighted by Gasteiger charge is -2.19. The maximum Gasteiger partial charge on any atom is 0.273 e. The summed E-state index contributed by atoms with van der Waals surface area (Å²) in [7, 11) is 1.61. The van der Waals surface area contributed by atoms with Crippen molar-refractivity contribution in [3.8, 4) is 0 Å². The number of aliphatic hydroxyl groups is 1. The zero-order valence-electron chi connectivity index (χ0n) is 24.5. The number of carbonyl (C=O) groups excluding carboxylic acids is 2. The maximum atomic E-state index is 13.0. The molecular weight excluding hydrogens is 514 g/mol. The number of nitrogens with two attached hydrogens (primary N) is 1. The molecule has 2 amide bonds. The third kappa shape index (κ3) is 8.54. The van der Waals surface area contributed by atoms with Crippen LogP contribution in [0.5, 0.6) is 0 Å². The second-order valence-electron chi connectivity index (χ2n) is 11.0. The van der Waals surface area contributed by atoms with Gasteiger partial charge in [-0.2, -0.15) is 0 Å². The first kappa shape index (κ1) is 31.1. The van der Waals surface area contributed by atoms with Gasteiger partial charge in [-0.25, -0.2) is 0 Å². The Morgan fingerprint density at radius 2 is 1.66 bits per heavy atom. The molecular formula is C33H41N5O3. The third-order valence-electron chi connectivity index (χ3n) is 6.68. The van der Waals surface area contributed by atoms with E-state index in [0.717, 1.165) is 22.4 Å². The fourth-order valence-electron chi connectivity index (χ4n) is 4.19. The molecule has 8 nitrogen and oxygen atoms in total. The standard InChI is InChI=1S/C33H41N5O3/c1-22-28(8-7-9-30(22)37-31(40)25-12-14-26(15-13-25)33(3,4)5)29(34)21-38(6)32(41)23(2)36-27-16-10-24(11-17-27)20-35-18-19-39/h7-17,21,35-36,39H,2,18-20,34H2,1,3-6H3,(H,37,40)/b29-21-. The fourth-order valence-corrected chi connectivity index (χ4v) is 4.19. The molecule has 0 bridgehead atoms. The Morgan fingerprint density at radius 3 is 2.27 bits per heavy atom. The van der Waals surface area contributed by atoms with Crippen LogP contribution < -0.4 is 21.7 Å². The predicted octanol–water partition coefficient (Wildman–Crippen LogP) is 4.97. The topological polar surface area (TPSA) is 120 Å². The monoisotopic (exact) mass is 555 g/mol. The smallest absolute Gasteiger partial charge is 0.273 e. The fraction of sp³-hybridized carbons (Fsp3) is 0.273. The number of amides is 2. The van der Waals surface area contributed by atoms with E-state index in [2.05, 4.69) is 43.3 Å². The van der Waals surface area contributed by atoms with E-state index >= 15 is 0 Å². The first-order valence-electron chi connectivity index (χ1n) is 13.5. The number of nitrogens with zero attached hydrogens (tertiary/aromatic N) is 1. The zero-order valence-corrected chi connectivity index (χ0v) is 24.5. The Kier molecular flexibility index (Phi) is 10.5. The summed E-state index contributed by atoms with van der Waals surface area (Å²) in [5.41, 5.74) is 12.6. The minimum Gasteiger partial charge on any atom is -0.397 e. The van der Waals surface area contributed by atoms with Crippen LogP contribution in [0.4, 0.5) is 11.4 Å². The molecule has 0 aliphatic carbocycles. The van der Waals surface area contributed by atoms with E-state index in [1.807, 2.05) is 73.7 Å². The Bertz CT molecular complexity index is 1400. The van der Waals surface area contributed by atoms with Crippen molar-refractivity contribution in [2.24, 2.45) is 5.73 Å². The van der Waals surface area contributed by atoms with Crippen molar-refractivity contribution in [1.29, 1.82) is 0 Å². The molecule has 216 valence electrons. The third-order valence-corrected chi connectivity index (χ3v) is 6.68. The van der Waals surface area contributed by atoms with Crippen molar-refractivity contribution < 1.29 is 14.7 Å². The average molecular weight is 556 g/mol. The van der Waals surface area contributed by atoms with Crippen LogP contribution in [0.15, 0.2) is 85.2 Å². The van der Waals surface area contributed by atoms with Crippen molar-refractivity contribution in [2.45, 2.75) is 39.7 Å². The number of aliphatic hydroxyl groups excluding tert-OH is 1. The highest BCUT2D eigenvalue weighted by Gasteiger charge is 2.17. The van der Waals surface area contributed by atoms with Crippen LogP contribution >= 0.6 is 0 Å². The highest BCUT2D eigenvalue weighted by atomic mass is 16.3. The van der Waals surface area contributed by atoms with Crippen LogP contribution in [-0.4, -0.2) is 42.0 Å². The van der Waals surface area contributed by atoms with Crippen molar-refractivity contribution in [3.05, 3.63) is 113 Å². The number of hydrogen-bond acceptors (Lipinski definition) is 6. The van der Waals surface area contributed by atoms with Gasteiger partial charge in [-0.15, -0.1) is 0 Å². The van der Waals surface area contributed by atoms with Gasteiger partial charge in [0.1, 0.15) is 0 Å². The van der Waals surface area contributed by atoms with Crippen LogP contribution in [0.25, 0.3) is 5.70 Å². The lowest BCUT2D eigenvalue weighted by atomic mass is 9.86. The van der Waals surface area contributed by atoms with Gasteiger partial charge in [-0.05, 0) is 59.4 Å². The Morgan fingerprint density at radius 1 is 1.00 bits per heavy atom. The van der Waals surface area contributed by atoms with Gasteiger partial charge in [0.05, 0.1) is 18.0 Å². The molecule has 0 radical (unpaired) electrons. The molecule has 0 aromatic heterocycles. The number of rotatable bonds is 11. The zero-order chi connectivity index (χ0) is 30.2. The first-order chi connectivity index (χ1) is 19.4. The van der Waals surface area contributed by atoms with Gasteiger partial charge in [0.15, 0.2) is 0 Å². The lowest BCUT2D eigenvalue weighted by molar-refractivity contribution is -0.123. The number of carbonyl (C=O) groups is 2. The van der Waals surface area contributed by atoms with Gasteiger partial charge in [-0.3, -0.25) is 9.59 Å². The molecule has 3 aromatic rings. The summed E-state index contributed by atoms with van der Waals surface area (Å²) in [6, 6.07) is 20.7. The summed E-state index contributed by atoms with van der Waals surface area (Å²) in [6.45, 7) is 13.4. The molecule has 0 saturated carbocycles. The van der Waals surface area contributed by atoms with Gasteiger partial charge < -0.3 is 31.7 Å². The maximum absolute atomic E-state index is 13.0. The molecule has 41 heavy (non-hydrogen) atoms. The van der Waals surface area contributed by atoms with E-state index in [0.29, 0.717) is 35.6 Å². The van der Waals surface area contributed by atoms with Crippen LogP contribution in [0.2, 0.25) is 0 Å². The van der Waals surface area contributed by atoms with E-state index in [1.54, 1.807) is 13.2 Å². The minimum atomic E-state index is -0.345. The lowest BCUT2D eigenvalue weighted by Crippen LogP contribution is -2.26. The van der Waals surface area contributed by atoms with Crippen LogP contribution in [0.1, 0.15) is 53.4 Å². The van der Waals surface area contributed by atoms with Gasteiger partial charge in [0, 0.05) is 48.8 Å². The summed E-state index contributed by atoms with van der Waals surface area (Å²) in [5.74, 6) is -0.556. The second-order valence-corrected chi connectivity index (χ2v) is 11.0. The summed E-state index contributed by atoms with van der Waals surface area (Å²) < 4.78 is 0. The molecule has 0 aliphatic heterocycles. The number of benzene rings is 3. The Balaban J connectivity index is 1.66. The number of likely N-dealkylation sites (N-methyl/N-ethyl adjacent to an activating group) is 1. The molecule has 0 fully saturated rings. The van der Waals surface area contributed by atoms with Gasteiger partial charge >= 0.3 is 0 Å². The molecule has 3 rings (SSSR count). The second kappa shape index (κ2) is 13.8. The van der Waals surface area contributed by atoms with Gasteiger partial charge in [-0.1, -0.05) is 63.7 Å². The number of hydrogen-bond donors (Lipinski definition) is 5. The highest BCUT2D eigenvalue weighted by molar-refractivity contribution is 6.05. The van der Waals surface area contributed by atoms with Crippen molar-refractivity contribution >= 4 is 28.9 Å². The normalized spacial score (nSPS) is 11.6. The van der Waals surface area contributed by atoms with Crippen LogP contribution in [-0.2, 0) is 16.8 Å². The SMILES string of the molecule is C=C(Nc1ccc(CNCCO)cc1)C(=O)N(C)/C=C(\N)c1cccc(NC(=O)c2ccc(C(C)(C)C)cc2)c1C. The quantitative estimate of drug-likeness (QED) is 0.168. The van der Waals surface area contributed by atoms with E-state index in [-0.39, 0.29) is 29.5 Å². The van der Waals surface area contributed by atoms with Crippen molar-refractivity contribution in [3.63, 3.8) is 0 Å². The first-order valence-corrected chi connectivity index (χ1v) is 13.5. The molecule has 0 spiro atoms. The molecule has 8 heteroatoms. The van der Waals surface area contributed by atoms with Crippen molar-refractivity contribution in [1.82, 2.24) is 10.2 Å². The largest absolute Gasteiger partial charge is 0.397 e. The molecule has 0 aliphatic rings. The molecule has 0 atom stereocenters. The van der Waals surface area contributed by atoms with E-state index < -0.39 is 0 Å². The summed E-state index contributed by atoms with van der Waals surface area (Å²) in [6.07, 6.45) is 1.55. The Hall–Kier alpha value is -4.40. The number of nitrogens with one attached hydrogen (secondary N) is 3. The molecule has 6 N–H and O–H groups in total. The molecule has 0 heterocycles. The molecule has 0 unspecified atom stereocenters. The number of anilines is 2.